The van der Waals surface area contributed by atoms with Crippen LogP contribution in [0, 0.1) is 11.3 Å². The summed E-state index contributed by atoms with van der Waals surface area (Å²) in [5, 5.41) is 14.8. The summed E-state index contributed by atoms with van der Waals surface area (Å²) in [5.41, 5.74) is 7.96. The van der Waals surface area contributed by atoms with E-state index >= 15 is 0 Å². The van der Waals surface area contributed by atoms with Crippen molar-refractivity contribution in [2.24, 2.45) is 5.73 Å². The normalized spacial score (nSPS) is 14.0. The molecule has 0 spiro atoms. The van der Waals surface area contributed by atoms with Crippen LogP contribution in [0.4, 0.5) is 10.8 Å². The van der Waals surface area contributed by atoms with Gasteiger partial charge >= 0.3 is 0 Å². The van der Waals surface area contributed by atoms with Gasteiger partial charge in [0.25, 0.3) is 0 Å². The summed E-state index contributed by atoms with van der Waals surface area (Å²) >= 11 is 1.41. The van der Waals surface area contributed by atoms with E-state index in [0.29, 0.717) is 41.1 Å². The number of benzene rings is 1. The van der Waals surface area contributed by atoms with E-state index in [1.54, 1.807) is 12.3 Å². The SMILES string of the molecule is C/C(N)=C(\C#N)c1csc(Nc2ccc3c(c2)OCCO3)n1. The van der Waals surface area contributed by atoms with Crippen LogP contribution in [0.1, 0.15) is 12.6 Å². The topological polar surface area (TPSA) is 93.2 Å². The number of nitrogens with two attached hydrogens (primary N) is 1. The van der Waals surface area contributed by atoms with Crippen LogP contribution in [0.3, 0.4) is 0 Å². The second-order valence-corrected chi connectivity index (χ2v) is 5.55. The average molecular weight is 314 g/mol. The third kappa shape index (κ3) is 2.82. The van der Waals surface area contributed by atoms with Gasteiger partial charge in [-0.25, -0.2) is 4.98 Å². The molecule has 0 saturated heterocycles. The molecule has 3 rings (SSSR count). The maximum atomic E-state index is 9.11. The summed E-state index contributed by atoms with van der Waals surface area (Å²) in [6.07, 6.45) is 0. The number of aromatic nitrogens is 1. The number of anilines is 2. The van der Waals surface area contributed by atoms with Gasteiger partial charge in [0.1, 0.15) is 19.3 Å². The molecule has 6 nitrogen and oxygen atoms in total. The van der Waals surface area contributed by atoms with Crippen LogP contribution >= 0.6 is 11.3 Å². The molecule has 112 valence electrons. The van der Waals surface area contributed by atoms with E-state index in [1.165, 1.54) is 11.3 Å². The first-order valence-corrected chi connectivity index (χ1v) is 7.54. The largest absolute Gasteiger partial charge is 0.486 e. The fourth-order valence-corrected chi connectivity index (χ4v) is 2.76. The summed E-state index contributed by atoms with van der Waals surface area (Å²) in [6, 6.07) is 7.69. The van der Waals surface area contributed by atoms with Gasteiger partial charge in [0, 0.05) is 22.8 Å². The smallest absolute Gasteiger partial charge is 0.187 e. The first-order chi connectivity index (χ1) is 10.7. The van der Waals surface area contributed by atoms with E-state index in [-0.39, 0.29) is 0 Å². The number of fused-ring (bicyclic) bond motifs is 1. The third-order valence-electron chi connectivity index (χ3n) is 3.06. The first kappa shape index (κ1) is 14.2. The minimum atomic E-state index is 0.395. The van der Waals surface area contributed by atoms with Crippen LogP contribution in [-0.2, 0) is 0 Å². The lowest BCUT2D eigenvalue weighted by atomic mass is 10.2. The molecule has 1 aliphatic heterocycles. The van der Waals surface area contributed by atoms with E-state index in [4.69, 9.17) is 20.5 Å². The van der Waals surface area contributed by atoms with Crippen molar-refractivity contribution in [3.05, 3.63) is 35.0 Å². The van der Waals surface area contributed by atoms with Crippen molar-refractivity contribution in [3.63, 3.8) is 0 Å². The fraction of sp³-hybridized carbons (Fsp3) is 0.200. The Hall–Kier alpha value is -2.72. The zero-order chi connectivity index (χ0) is 15.5. The van der Waals surface area contributed by atoms with Crippen LogP contribution in [0.15, 0.2) is 29.3 Å². The number of ether oxygens (including phenoxy) is 2. The average Bonchev–Trinajstić information content (AvgIpc) is 2.95. The van der Waals surface area contributed by atoms with E-state index in [0.717, 1.165) is 11.4 Å². The summed E-state index contributed by atoms with van der Waals surface area (Å²) in [4.78, 5) is 4.38. The molecule has 0 radical (unpaired) electrons. The molecule has 1 aromatic carbocycles. The lowest BCUT2D eigenvalue weighted by molar-refractivity contribution is 0.171. The van der Waals surface area contributed by atoms with Gasteiger partial charge in [-0.2, -0.15) is 5.26 Å². The summed E-state index contributed by atoms with van der Waals surface area (Å²) < 4.78 is 11.0. The van der Waals surface area contributed by atoms with Gasteiger partial charge in [-0.15, -0.1) is 11.3 Å². The summed E-state index contributed by atoms with van der Waals surface area (Å²) in [6.45, 7) is 2.80. The predicted molar refractivity (Wildman–Crippen MR) is 85.2 cm³/mol. The number of hydrogen-bond donors (Lipinski definition) is 2. The van der Waals surface area contributed by atoms with Crippen LogP contribution in [-0.4, -0.2) is 18.2 Å². The highest BCUT2D eigenvalue weighted by molar-refractivity contribution is 7.13. The van der Waals surface area contributed by atoms with Crippen molar-refractivity contribution >= 4 is 27.7 Å². The Kier molecular flexibility index (Phi) is 3.85. The number of thiazole rings is 1. The molecule has 0 atom stereocenters. The van der Waals surface area contributed by atoms with Crippen LogP contribution in [0.25, 0.3) is 5.57 Å². The molecular weight excluding hydrogens is 300 g/mol. The Morgan fingerprint density at radius 1 is 1.36 bits per heavy atom. The number of nitrogens with one attached hydrogen (secondary N) is 1. The molecule has 3 N–H and O–H groups in total. The van der Waals surface area contributed by atoms with Gasteiger partial charge in [0.05, 0.1) is 11.3 Å². The molecule has 1 aromatic heterocycles. The molecule has 1 aliphatic rings. The van der Waals surface area contributed by atoms with Crippen molar-refractivity contribution in [2.45, 2.75) is 6.92 Å². The molecule has 0 fully saturated rings. The maximum absolute atomic E-state index is 9.11. The van der Waals surface area contributed by atoms with Gasteiger partial charge in [-0.1, -0.05) is 0 Å². The minimum absolute atomic E-state index is 0.395. The van der Waals surface area contributed by atoms with Crippen molar-refractivity contribution in [3.8, 4) is 17.6 Å². The quantitative estimate of drug-likeness (QED) is 0.846. The molecule has 2 heterocycles. The first-order valence-electron chi connectivity index (χ1n) is 6.66. The molecule has 22 heavy (non-hydrogen) atoms. The monoisotopic (exact) mass is 314 g/mol. The number of rotatable bonds is 3. The Morgan fingerprint density at radius 2 is 2.14 bits per heavy atom. The molecule has 0 saturated carbocycles. The molecule has 7 heteroatoms. The highest BCUT2D eigenvalue weighted by atomic mass is 32.1. The summed E-state index contributed by atoms with van der Waals surface area (Å²) in [7, 11) is 0. The van der Waals surface area contributed by atoms with Gasteiger partial charge in [-0.05, 0) is 19.1 Å². The second-order valence-electron chi connectivity index (χ2n) is 4.69. The molecule has 2 aromatic rings. The van der Waals surface area contributed by atoms with Gasteiger partial charge in [0.15, 0.2) is 16.6 Å². The van der Waals surface area contributed by atoms with Crippen molar-refractivity contribution < 1.29 is 9.47 Å². The van der Waals surface area contributed by atoms with Crippen molar-refractivity contribution in [2.75, 3.05) is 18.5 Å². The highest BCUT2D eigenvalue weighted by Crippen LogP contribution is 2.34. The van der Waals surface area contributed by atoms with Crippen LogP contribution < -0.4 is 20.5 Å². The van der Waals surface area contributed by atoms with Gasteiger partial charge < -0.3 is 20.5 Å². The third-order valence-corrected chi connectivity index (χ3v) is 3.82. The molecular formula is C15H14N4O2S. The van der Waals surface area contributed by atoms with E-state index in [2.05, 4.69) is 16.4 Å². The fourth-order valence-electron chi connectivity index (χ4n) is 2.04. The molecule has 0 aliphatic carbocycles. The Bertz CT molecular complexity index is 772. The molecule has 0 unspecified atom stereocenters. The Morgan fingerprint density at radius 3 is 2.86 bits per heavy atom. The number of hydrogen-bond acceptors (Lipinski definition) is 7. The van der Waals surface area contributed by atoms with Crippen molar-refractivity contribution in [1.29, 1.82) is 5.26 Å². The minimum Gasteiger partial charge on any atom is -0.486 e. The van der Waals surface area contributed by atoms with Crippen LogP contribution in [0.2, 0.25) is 0 Å². The zero-order valence-corrected chi connectivity index (χ0v) is 12.7. The lowest BCUT2D eigenvalue weighted by Crippen LogP contribution is -2.15. The zero-order valence-electron chi connectivity index (χ0n) is 11.9. The number of allylic oxidation sites excluding steroid dienone is 2. The maximum Gasteiger partial charge on any atom is 0.187 e. The Balaban J connectivity index is 1.81. The summed E-state index contributed by atoms with van der Waals surface area (Å²) in [5.74, 6) is 1.45. The van der Waals surface area contributed by atoms with Crippen molar-refractivity contribution in [1.82, 2.24) is 4.98 Å². The molecule has 0 amide bonds. The highest BCUT2D eigenvalue weighted by Gasteiger charge is 2.13. The van der Waals surface area contributed by atoms with Crippen LogP contribution in [0.5, 0.6) is 11.5 Å². The van der Waals surface area contributed by atoms with E-state index in [1.807, 2.05) is 18.2 Å². The van der Waals surface area contributed by atoms with E-state index in [9.17, 15) is 0 Å². The van der Waals surface area contributed by atoms with Gasteiger partial charge in [-0.3, -0.25) is 0 Å². The lowest BCUT2D eigenvalue weighted by Gasteiger charge is -2.18. The number of nitrogens with zero attached hydrogens (tertiary/aromatic N) is 2. The second kappa shape index (κ2) is 5.95. The predicted octanol–water partition coefficient (Wildman–Crippen LogP) is 2.87. The van der Waals surface area contributed by atoms with Gasteiger partial charge in [0.2, 0.25) is 0 Å². The standard InChI is InChI=1S/C15H14N4O2S/c1-9(17)11(7-16)12-8-22-15(19-12)18-10-2-3-13-14(6-10)21-5-4-20-13/h2-3,6,8H,4-5,17H2,1H3,(H,18,19)/b11-9-. The Labute approximate surface area is 131 Å². The molecule has 0 bridgehead atoms. The van der Waals surface area contributed by atoms with E-state index < -0.39 is 0 Å². The number of nitriles is 1.